The van der Waals surface area contributed by atoms with E-state index in [0.717, 1.165) is 11.6 Å². The fourth-order valence-corrected chi connectivity index (χ4v) is 1.67. The Hall–Kier alpha value is -1.95. The van der Waals surface area contributed by atoms with E-state index in [1.165, 1.54) is 18.3 Å². The Morgan fingerprint density at radius 3 is 2.74 bits per heavy atom. The fraction of sp³-hybridized carbons (Fsp3) is 0.231. The summed E-state index contributed by atoms with van der Waals surface area (Å²) in [4.78, 5) is 0. The quantitative estimate of drug-likeness (QED) is 0.896. The zero-order valence-corrected chi connectivity index (χ0v) is 9.98. The van der Waals surface area contributed by atoms with Gasteiger partial charge >= 0.3 is 6.18 Å². The molecule has 2 rings (SSSR count). The van der Waals surface area contributed by atoms with Crippen LogP contribution in [-0.4, -0.2) is 16.4 Å². The third kappa shape index (κ3) is 3.29. The molecule has 0 amide bonds. The van der Waals surface area contributed by atoms with E-state index in [1.54, 1.807) is 12.1 Å². The van der Waals surface area contributed by atoms with Crippen molar-refractivity contribution >= 4 is 5.57 Å². The molecule has 1 heterocycles. The van der Waals surface area contributed by atoms with Crippen LogP contribution in [0.2, 0.25) is 0 Å². The molecule has 0 saturated carbocycles. The minimum absolute atomic E-state index is 0.145. The maximum atomic E-state index is 12.6. The molecule has 0 bridgehead atoms. The Kier molecular flexibility index (Phi) is 3.80. The zero-order chi connectivity index (χ0) is 13.9. The highest BCUT2D eigenvalue weighted by Gasteiger charge is 2.32. The van der Waals surface area contributed by atoms with Gasteiger partial charge in [0.25, 0.3) is 0 Å². The first kappa shape index (κ1) is 13.5. The standard InChI is InChI=1S/C13H12F3N3/c14-13(15,16)11-3-1-2-10(4-5-11)12-6-9(7-17)8-18-19-12/h1-2,4-6,8H,3,7,17H2. The molecule has 0 aromatic carbocycles. The van der Waals surface area contributed by atoms with E-state index < -0.39 is 11.7 Å². The molecule has 0 saturated heterocycles. The number of aromatic nitrogens is 2. The molecule has 0 spiro atoms. The van der Waals surface area contributed by atoms with Crippen LogP contribution in [-0.2, 0) is 6.54 Å². The molecule has 6 heteroatoms. The highest BCUT2D eigenvalue weighted by atomic mass is 19.4. The predicted molar refractivity (Wildman–Crippen MR) is 65.8 cm³/mol. The van der Waals surface area contributed by atoms with E-state index in [2.05, 4.69) is 10.2 Å². The summed E-state index contributed by atoms with van der Waals surface area (Å²) in [7, 11) is 0. The van der Waals surface area contributed by atoms with Gasteiger partial charge in [-0.2, -0.15) is 23.4 Å². The van der Waals surface area contributed by atoms with Crippen LogP contribution < -0.4 is 5.73 Å². The molecule has 1 aromatic rings. The van der Waals surface area contributed by atoms with Gasteiger partial charge < -0.3 is 5.73 Å². The van der Waals surface area contributed by atoms with E-state index >= 15 is 0 Å². The van der Waals surface area contributed by atoms with Crippen molar-refractivity contribution in [2.24, 2.45) is 5.73 Å². The zero-order valence-electron chi connectivity index (χ0n) is 9.98. The summed E-state index contributed by atoms with van der Waals surface area (Å²) in [6.45, 7) is 0.309. The third-order valence-electron chi connectivity index (χ3n) is 2.71. The Bertz CT molecular complexity index is 556. The Morgan fingerprint density at radius 1 is 1.26 bits per heavy atom. The van der Waals surface area contributed by atoms with Gasteiger partial charge in [0.05, 0.1) is 11.9 Å². The van der Waals surface area contributed by atoms with Crippen LogP contribution in [0.1, 0.15) is 17.7 Å². The number of hydrogen-bond donors (Lipinski definition) is 1. The monoisotopic (exact) mass is 267 g/mol. The summed E-state index contributed by atoms with van der Waals surface area (Å²) < 4.78 is 37.8. The van der Waals surface area contributed by atoms with Crippen molar-refractivity contribution in [1.29, 1.82) is 0 Å². The molecular weight excluding hydrogens is 255 g/mol. The number of hydrogen-bond acceptors (Lipinski definition) is 3. The minimum atomic E-state index is -4.30. The van der Waals surface area contributed by atoms with Crippen LogP contribution >= 0.6 is 0 Å². The first-order valence-corrected chi connectivity index (χ1v) is 5.67. The third-order valence-corrected chi connectivity index (χ3v) is 2.71. The first-order valence-electron chi connectivity index (χ1n) is 5.67. The Morgan fingerprint density at radius 2 is 2.05 bits per heavy atom. The maximum Gasteiger partial charge on any atom is 0.412 e. The second-order valence-corrected chi connectivity index (χ2v) is 4.07. The van der Waals surface area contributed by atoms with E-state index in [9.17, 15) is 13.2 Å². The van der Waals surface area contributed by atoms with E-state index in [0.29, 0.717) is 17.8 Å². The van der Waals surface area contributed by atoms with Crippen LogP contribution in [0.4, 0.5) is 13.2 Å². The normalized spacial score (nSPS) is 15.8. The maximum absolute atomic E-state index is 12.6. The molecule has 3 nitrogen and oxygen atoms in total. The topological polar surface area (TPSA) is 51.8 Å². The number of nitrogens with zero attached hydrogens (tertiary/aromatic N) is 2. The molecule has 1 aliphatic carbocycles. The number of halogens is 3. The summed E-state index contributed by atoms with van der Waals surface area (Å²) in [5.74, 6) is 0. The van der Waals surface area contributed by atoms with Crippen molar-refractivity contribution in [2.45, 2.75) is 19.1 Å². The number of allylic oxidation sites excluding steroid dienone is 6. The number of rotatable bonds is 2. The molecule has 2 N–H and O–H groups in total. The van der Waals surface area contributed by atoms with Gasteiger partial charge in [-0.3, -0.25) is 0 Å². The molecule has 0 atom stereocenters. The number of nitrogens with two attached hydrogens (primary N) is 1. The highest BCUT2D eigenvalue weighted by Crippen LogP contribution is 2.31. The van der Waals surface area contributed by atoms with Gasteiger partial charge in [0.2, 0.25) is 0 Å². The molecule has 0 radical (unpaired) electrons. The molecule has 0 unspecified atom stereocenters. The van der Waals surface area contributed by atoms with E-state index in [4.69, 9.17) is 5.73 Å². The molecule has 100 valence electrons. The van der Waals surface area contributed by atoms with Crippen molar-refractivity contribution in [3.63, 3.8) is 0 Å². The predicted octanol–water partition coefficient (Wildman–Crippen LogP) is 2.77. The Labute approximate surface area is 108 Å². The largest absolute Gasteiger partial charge is 0.412 e. The molecule has 0 fully saturated rings. The van der Waals surface area contributed by atoms with Crippen molar-refractivity contribution in [3.8, 4) is 0 Å². The SMILES string of the molecule is NCc1cnnc(C2=CC=C(C(F)(F)F)CC=C2)c1. The van der Waals surface area contributed by atoms with Gasteiger partial charge in [0.15, 0.2) is 0 Å². The Balaban J connectivity index is 2.35. The molecular formula is C13H12F3N3. The van der Waals surface area contributed by atoms with E-state index in [-0.39, 0.29) is 6.42 Å². The van der Waals surface area contributed by atoms with Gasteiger partial charge in [0.1, 0.15) is 0 Å². The summed E-state index contributed by atoms with van der Waals surface area (Å²) in [5, 5.41) is 7.69. The molecule has 0 aliphatic heterocycles. The molecule has 1 aliphatic rings. The van der Waals surface area contributed by atoms with E-state index in [1.807, 2.05) is 0 Å². The average Bonchev–Trinajstić information content (AvgIpc) is 2.64. The van der Waals surface area contributed by atoms with Gasteiger partial charge in [-0.05, 0) is 18.1 Å². The van der Waals surface area contributed by atoms with Crippen molar-refractivity contribution < 1.29 is 13.2 Å². The second kappa shape index (κ2) is 5.36. The van der Waals surface area contributed by atoms with Crippen LogP contribution in [0.5, 0.6) is 0 Å². The first-order chi connectivity index (χ1) is 9.00. The summed E-state index contributed by atoms with van der Waals surface area (Å²) in [5.41, 5.74) is 6.79. The second-order valence-electron chi connectivity index (χ2n) is 4.07. The molecule has 19 heavy (non-hydrogen) atoms. The van der Waals surface area contributed by atoms with Crippen molar-refractivity contribution in [2.75, 3.05) is 0 Å². The summed E-state index contributed by atoms with van der Waals surface area (Å²) in [6, 6.07) is 1.72. The highest BCUT2D eigenvalue weighted by molar-refractivity contribution is 5.73. The summed E-state index contributed by atoms with van der Waals surface area (Å²) >= 11 is 0. The van der Waals surface area contributed by atoms with Crippen LogP contribution in [0.15, 0.2) is 42.1 Å². The lowest BCUT2D eigenvalue weighted by atomic mass is 10.1. The van der Waals surface area contributed by atoms with Crippen LogP contribution in [0, 0.1) is 0 Å². The molecule has 1 aromatic heterocycles. The van der Waals surface area contributed by atoms with Crippen molar-refractivity contribution in [1.82, 2.24) is 10.2 Å². The summed E-state index contributed by atoms with van der Waals surface area (Å²) in [6.07, 6.45) is 2.63. The van der Waals surface area contributed by atoms with Gasteiger partial charge in [-0.25, -0.2) is 0 Å². The lowest BCUT2D eigenvalue weighted by molar-refractivity contribution is -0.0928. The van der Waals surface area contributed by atoms with Gasteiger partial charge in [0, 0.05) is 17.7 Å². The number of alkyl halides is 3. The lowest BCUT2D eigenvalue weighted by Gasteiger charge is -2.07. The average molecular weight is 267 g/mol. The minimum Gasteiger partial charge on any atom is -0.326 e. The van der Waals surface area contributed by atoms with Gasteiger partial charge in [-0.1, -0.05) is 24.3 Å². The fourth-order valence-electron chi connectivity index (χ4n) is 1.67. The smallest absolute Gasteiger partial charge is 0.326 e. The van der Waals surface area contributed by atoms with Crippen molar-refractivity contribution in [3.05, 3.63) is 53.4 Å². The van der Waals surface area contributed by atoms with Crippen LogP contribution in [0.25, 0.3) is 5.57 Å². The van der Waals surface area contributed by atoms with Crippen LogP contribution in [0.3, 0.4) is 0 Å². The lowest BCUT2D eigenvalue weighted by Crippen LogP contribution is -2.10. The van der Waals surface area contributed by atoms with Gasteiger partial charge in [-0.15, -0.1) is 0 Å².